The quantitative estimate of drug-likeness (QED) is 0.511. The second-order valence-electron chi connectivity index (χ2n) is 5.39. The highest BCUT2D eigenvalue weighted by Gasteiger charge is 2.08. The fraction of sp³-hybridized carbons (Fsp3) is 0.0526. The zero-order chi connectivity index (χ0) is 16.9. The lowest BCUT2D eigenvalue weighted by molar-refractivity contribution is 0.0706. The Morgan fingerprint density at radius 2 is 1.38 bits per heavy atom. The summed E-state index contributed by atoms with van der Waals surface area (Å²) in [5, 5.41) is 13.2. The van der Waals surface area contributed by atoms with Gasteiger partial charge in [-0.25, -0.2) is 5.48 Å². The molecule has 2 amide bonds. The molecule has 120 valence electrons. The highest BCUT2D eigenvalue weighted by molar-refractivity contribution is 6.01. The Balaban J connectivity index is 1.77. The molecule has 3 aromatic rings. The van der Waals surface area contributed by atoms with Crippen molar-refractivity contribution in [2.75, 3.05) is 0 Å². The maximum Gasteiger partial charge on any atom is 0.274 e. The van der Waals surface area contributed by atoms with Crippen molar-refractivity contribution in [2.45, 2.75) is 6.54 Å². The van der Waals surface area contributed by atoms with E-state index in [9.17, 15) is 9.59 Å². The standard InChI is InChI=1S/C19H16N2O3/c22-18(20-12-13-4-2-1-3-5-13)16-8-6-15-11-17(19(23)21-24)9-7-14(15)10-16/h1-11,24H,12H2,(H,20,22)(H,21,23). The van der Waals surface area contributed by atoms with E-state index in [2.05, 4.69) is 5.32 Å². The van der Waals surface area contributed by atoms with Crippen molar-refractivity contribution in [2.24, 2.45) is 0 Å². The summed E-state index contributed by atoms with van der Waals surface area (Å²) >= 11 is 0. The first-order valence-electron chi connectivity index (χ1n) is 7.48. The van der Waals surface area contributed by atoms with Gasteiger partial charge < -0.3 is 5.32 Å². The van der Waals surface area contributed by atoms with Crippen LogP contribution in [0.25, 0.3) is 10.8 Å². The van der Waals surface area contributed by atoms with Crippen LogP contribution in [0.1, 0.15) is 26.3 Å². The van der Waals surface area contributed by atoms with Crippen molar-refractivity contribution < 1.29 is 14.8 Å². The van der Waals surface area contributed by atoms with Gasteiger partial charge in [-0.1, -0.05) is 42.5 Å². The number of hydrogen-bond acceptors (Lipinski definition) is 3. The number of benzene rings is 3. The maximum absolute atomic E-state index is 12.3. The van der Waals surface area contributed by atoms with Gasteiger partial charge in [0, 0.05) is 17.7 Å². The predicted molar refractivity (Wildman–Crippen MR) is 90.8 cm³/mol. The molecule has 0 aromatic heterocycles. The molecule has 0 saturated heterocycles. The van der Waals surface area contributed by atoms with E-state index >= 15 is 0 Å². The first kappa shape index (κ1) is 15.7. The van der Waals surface area contributed by atoms with E-state index in [4.69, 9.17) is 5.21 Å². The molecule has 3 N–H and O–H groups in total. The number of hydroxylamine groups is 1. The van der Waals surface area contributed by atoms with Crippen molar-refractivity contribution in [1.82, 2.24) is 10.8 Å². The summed E-state index contributed by atoms with van der Waals surface area (Å²) < 4.78 is 0. The zero-order valence-corrected chi connectivity index (χ0v) is 12.8. The second kappa shape index (κ2) is 6.93. The molecule has 0 aliphatic carbocycles. The Hall–Kier alpha value is -3.18. The molecule has 0 atom stereocenters. The first-order valence-corrected chi connectivity index (χ1v) is 7.48. The smallest absolute Gasteiger partial charge is 0.274 e. The van der Waals surface area contributed by atoms with Gasteiger partial charge in [0.05, 0.1) is 0 Å². The zero-order valence-electron chi connectivity index (χ0n) is 12.8. The molecule has 3 aromatic carbocycles. The number of carbonyl (C=O) groups excluding carboxylic acids is 2. The molecular formula is C19H16N2O3. The molecule has 0 aliphatic heterocycles. The van der Waals surface area contributed by atoms with Gasteiger partial charge in [-0.2, -0.15) is 0 Å². The lowest BCUT2D eigenvalue weighted by Gasteiger charge is -2.07. The molecule has 0 unspecified atom stereocenters. The Bertz CT molecular complexity index is 892. The van der Waals surface area contributed by atoms with E-state index in [1.807, 2.05) is 30.3 Å². The molecule has 3 rings (SSSR count). The van der Waals surface area contributed by atoms with Crippen molar-refractivity contribution in [1.29, 1.82) is 0 Å². The number of nitrogens with one attached hydrogen (secondary N) is 2. The average molecular weight is 320 g/mol. The highest BCUT2D eigenvalue weighted by Crippen LogP contribution is 2.18. The summed E-state index contributed by atoms with van der Waals surface area (Å²) in [5.74, 6) is -0.723. The summed E-state index contributed by atoms with van der Waals surface area (Å²) in [6.45, 7) is 0.466. The van der Waals surface area contributed by atoms with Crippen LogP contribution in [0.15, 0.2) is 66.7 Å². The minimum absolute atomic E-state index is 0.155. The minimum Gasteiger partial charge on any atom is -0.348 e. The summed E-state index contributed by atoms with van der Waals surface area (Å²) in [5.41, 5.74) is 3.54. The van der Waals surface area contributed by atoms with Gasteiger partial charge in [0.25, 0.3) is 11.8 Å². The summed E-state index contributed by atoms with van der Waals surface area (Å²) in [4.78, 5) is 23.7. The lowest BCUT2D eigenvalue weighted by Crippen LogP contribution is -2.22. The third-order valence-electron chi connectivity index (χ3n) is 3.76. The molecule has 24 heavy (non-hydrogen) atoms. The third-order valence-corrected chi connectivity index (χ3v) is 3.76. The van der Waals surface area contributed by atoms with Crippen LogP contribution >= 0.6 is 0 Å². The van der Waals surface area contributed by atoms with E-state index in [-0.39, 0.29) is 5.91 Å². The van der Waals surface area contributed by atoms with Gasteiger partial charge in [-0.15, -0.1) is 0 Å². The van der Waals surface area contributed by atoms with Gasteiger partial charge in [-0.3, -0.25) is 14.8 Å². The number of amides is 2. The number of rotatable bonds is 4. The minimum atomic E-state index is -0.568. The van der Waals surface area contributed by atoms with Crippen molar-refractivity contribution in [3.8, 4) is 0 Å². The van der Waals surface area contributed by atoms with E-state index in [1.54, 1.807) is 41.9 Å². The van der Waals surface area contributed by atoms with Crippen LogP contribution in [0.4, 0.5) is 0 Å². The first-order chi connectivity index (χ1) is 11.7. The van der Waals surface area contributed by atoms with Crippen LogP contribution in [-0.2, 0) is 6.54 Å². The Morgan fingerprint density at radius 3 is 1.96 bits per heavy atom. The molecule has 0 fully saturated rings. The molecule has 0 heterocycles. The van der Waals surface area contributed by atoms with Gasteiger partial charge in [0.15, 0.2) is 0 Å². The highest BCUT2D eigenvalue weighted by atomic mass is 16.5. The van der Waals surface area contributed by atoms with Crippen LogP contribution < -0.4 is 10.8 Å². The molecule has 0 aliphatic rings. The summed E-state index contributed by atoms with van der Waals surface area (Å²) in [6, 6.07) is 20.0. The fourth-order valence-electron chi connectivity index (χ4n) is 2.47. The van der Waals surface area contributed by atoms with E-state index < -0.39 is 5.91 Å². The van der Waals surface area contributed by atoms with Gasteiger partial charge >= 0.3 is 0 Å². The largest absolute Gasteiger partial charge is 0.348 e. The van der Waals surface area contributed by atoms with Gasteiger partial charge in [0.2, 0.25) is 0 Å². The molecule has 0 spiro atoms. The summed E-state index contributed by atoms with van der Waals surface area (Å²) in [6.07, 6.45) is 0. The van der Waals surface area contributed by atoms with Crippen LogP contribution in [0.2, 0.25) is 0 Å². The topological polar surface area (TPSA) is 78.4 Å². The van der Waals surface area contributed by atoms with E-state index in [1.165, 1.54) is 0 Å². The van der Waals surface area contributed by atoms with Gasteiger partial charge in [-0.05, 0) is 40.6 Å². The van der Waals surface area contributed by atoms with Crippen molar-refractivity contribution in [3.05, 3.63) is 83.4 Å². The summed E-state index contributed by atoms with van der Waals surface area (Å²) in [7, 11) is 0. The molecular weight excluding hydrogens is 304 g/mol. The average Bonchev–Trinajstić information content (AvgIpc) is 2.65. The van der Waals surface area contributed by atoms with E-state index in [0.29, 0.717) is 17.7 Å². The Labute approximate surface area is 138 Å². The SMILES string of the molecule is O=C(NO)c1ccc2cc(C(=O)NCc3ccccc3)ccc2c1. The monoisotopic (exact) mass is 320 g/mol. The van der Waals surface area contributed by atoms with Gasteiger partial charge in [0.1, 0.15) is 0 Å². The molecule has 0 saturated carbocycles. The van der Waals surface area contributed by atoms with Crippen LogP contribution in [0, 0.1) is 0 Å². The number of hydrogen-bond donors (Lipinski definition) is 3. The maximum atomic E-state index is 12.3. The Kier molecular flexibility index (Phi) is 4.54. The second-order valence-corrected chi connectivity index (χ2v) is 5.39. The fourth-order valence-corrected chi connectivity index (χ4v) is 2.47. The third kappa shape index (κ3) is 3.42. The Morgan fingerprint density at radius 1 is 0.792 bits per heavy atom. The number of carbonyl (C=O) groups is 2. The molecule has 0 radical (unpaired) electrons. The lowest BCUT2D eigenvalue weighted by atomic mass is 10.0. The predicted octanol–water partition coefficient (Wildman–Crippen LogP) is 2.89. The van der Waals surface area contributed by atoms with Crippen LogP contribution in [0.3, 0.4) is 0 Å². The molecule has 0 bridgehead atoms. The van der Waals surface area contributed by atoms with Crippen LogP contribution in [0.5, 0.6) is 0 Å². The normalized spacial score (nSPS) is 10.4. The van der Waals surface area contributed by atoms with Crippen LogP contribution in [-0.4, -0.2) is 17.0 Å². The molecule has 5 heteroatoms. The molecule has 5 nitrogen and oxygen atoms in total. The van der Waals surface area contributed by atoms with Crippen molar-refractivity contribution >= 4 is 22.6 Å². The number of fused-ring (bicyclic) bond motifs is 1. The van der Waals surface area contributed by atoms with E-state index in [0.717, 1.165) is 16.3 Å². The van der Waals surface area contributed by atoms with Crippen molar-refractivity contribution in [3.63, 3.8) is 0 Å².